The molecule has 0 saturated carbocycles. The predicted molar refractivity (Wildman–Crippen MR) is 67.2 cm³/mol. The zero-order valence-electron chi connectivity index (χ0n) is 10.3. The highest BCUT2D eigenvalue weighted by molar-refractivity contribution is 5.83. The first-order valence-corrected chi connectivity index (χ1v) is 5.67. The van der Waals surface area contributed by atoms with Crippen LogP contribution >= 0.6 is 0 Å². The third-order valence-corrected chi connectivity index (χ3v) is 2.80. The van der Waals surface area contributed by atoms with Crippen LogP contribution in [0.25, 0.3) is 11.0 Å². The first-order valence-electron chi connectivity index (χ1n) is 5.67. The molecule has 0 aliphatic carbocycles. The van der Waals surface area contributed by atoms with Crippen molar-refractivity contribution < 1.29 is 19.1 Å². The molecular weight excluding hydrogens is 234 g/mol. The number of benzene rings is 1. The fourth-order valence-electron chi connectivity index (χ4n) is 1.74. The van der Waals surface area contributed by atoms with E-state index >= 15 is 0 Å². The Morgan fingerprint density at radius 1 is 1.44 bits per heavy atom. The summed E-state index contributed by atoms with van der Waals surface area (Å²) in [5.74, 6) is 1.57. The van der Waals surface area contributed by atoms with Crippen LogP contribution in [0.4, 0.5) is 4.79 Å². The van der Waals surface area contributed by atoms with E-state index < -0.39 is 6.09 Å². The molecule has 18 heavy (non-hydrogen) atoms. The molecule has 0 radical (unpaired) electrons. The van der Waals surface area contributed by atoms with E-state index in [1.807, 2.05) is 32.0 Å². The van der Waals surface area contributed by atoms with Gasteiger partial charge in [0.25, 0.3) is 0 Å². The monoisotopic (exact) mass is 249 g/mol. The molecule has 0 spiro atoms. The smallest absolute Gasteiger partial charge is 0.404 e. The third-order valence-electron chi connectivity index (χ3n) is 2.80. The predicted octanol–water partition coefficient (Wildman–Crippen LogP) is 2.70. The molecule has 2 aromatic rings. The standard InChI is InChI=1S/C13H15NO4/c1-8-9(2)18-12-7-10(3-4-11(8)12)17-6-5-14-13(15)16/h3-4,7,14H,5-6H2,1-2H3,(H,15,16). The van der Waals surface area contributed by atoms with Crippen LogP contribution in [0.2, 0.25) is 0 Å². The van der Waals surface area contributed by atoms with Crippen LogP contribution in [0.15, 0.2) is 22.6 Å². The fraction of sp³-hybridized carbons (Fsp3) is 0.308. The number of carboxylic acid groups (broad SMARTS) is 1. The van der Waals surface area contributed by atoms with Crippen LogP contribution in [0, 0.1) is 13.8 Å². The van der Waals surface area contributed by atoms with E-state index in [0.717, 1.165) is 22.3 Å². The molecule has 0 aliphatic rings. The summed E-state index contributed by atoms with van der Waals surface area (Å²) < 4.78 is 11.0. The van der Waals surface area contributed by atoms with Gasteiger partial charge in [0.05, 0.1) is 6.54 Å². The molecule has 1 aromatic heterocycles. The molecule has 0 atom stereocenters. The van der Waals surface area contributed by atoms with E-state index in [2.05, 4.69) is 5.32 Å². The summed E-state index contributed by atoms with van der Waals surface area (Å²) >= 11 is 0. The Kier molecular flexibility index (Phi) is 3.41. The van der Waals surface area contributed by atoms with E-state index in [1.54, 1.807) is 0 Å². The molecule has 0 unspecified atom stereocenters. The SMILES string of the molecule is Cc1oc2cc(OCCNC(=O)O)ccc2c1C. The number of rotatable bonds is 4. The number of aryl methyl sites for hydroxylation is 2. The van der Waals surface area contributed by atoms with Crippen molar-refractivity contribution in [2.75, 3.05) is 13.2 Å². The summed E-state index contributed by atoms with van der Waals surface area (Å²) in [5, 5.41) is 11.7. The molecule has 1 aromatic carbocycles. The summed E-state index contributed by atoms with van der Waals surface area (Å²) in [6.07, 6.45) is -1.05. The average molecular weight is 249 g/mol. The lowest BCUT2D eigenvalue weighted by atomic mass is 10.1. The number of hydrogen-bond donors (Lipinski definition) is 2. The summed E-state index contributed by atoms with van der Waals surface area (Å²) in [5.41, 5.74) is 1.91. The quantitative estimate of drug-likeness (QED) is 0.817. The van der Waals surface area contributed by atoms with E-state index in [1.165, 1.54) is 0 Å². The molecule has 0 aliphatic heterocycles. The van der Waals surface area contributed by atoms with Crippen molar-refractivity contribution in [3.8, 4) is 5.75 Å². The summed E-state index contributed by atoms with van der Waals surface area (Å²) in [7, 11) is 0. The van der Waals surface area contributed by atoms with E-state index in [-0.39, 0.29) is 13.2 Å². The van der Waals surface area contributed by atoms with Gasteiger partial charge in [-0.3, -0.25) is 0 Å². The summed E-state index contributed by atoms with van der Waals surface area (Å²) in [4.78, 5) is 10.2. The van der Waals surface area contributed by atoms with Crippen molar-refractivity contribution in [3.63, 3.8) is 0 Å². The van der Waals surface area contributed by atoms with Gasteiger partial charge in [-0.05, 0) is 31.5 Å². The molecule has 5 heteroatoms. The van der Waals surface area contributed by atoms with Crippen LogP contribution in [0.5, 0.6) is 5.75 Å². The molecule has 2 rings (SSSR count). The van der Waals surface area contributed by atoms with Crippen molar-refractivity contribution in [1.82, 2.24) is 5.32 Å². The van der Waals surface area contributed by atoms with E-state index in [4.69, 9.17) is 14.3 Å². The highest BCUT2D eigenvalue weighted by Gasteiger charge is 2.07. The van der Waals surface area contributed by atoms with Crippen LogP contribution in [-0.2, 0) is 0 Å². The lowest BCUT2D eigenvalue weighted by molar-refractivity contribution is 0.191. The molecule has 0 bridgehead atoms. The molecule has 1 amide bonds. The van der Waals surface area contributed by atoms with Gasteiger partial charge in [-0.1, -0.05) is 0 Å². The molecule has 2 N–H and O–H groups in total. The minimum absolute atomic E-state index is 0.254. The molecule has 96 valence electrons. The minimum atomic E-state index is -1.05. The molecule has 1 heterocycles. The number of hydrogen-bond acceptors (Lipinski definition) is 3. The Hall–Kier alpha value is -2.17. The van der Waals surface area contributed by atoms with Crippen LogP contribution in [0.3, 0.4) is 0 Å². The Bertz CT molecular complexity index is 574. The average Bonchev–Trinajstić information content (AvgIpc) is 2.60. The molecule has 0 saturated heterocycles. The number of nitrogens with one attached hydrogen (secondary N) is 1. The highest BCUT2D eigenvalue weighted by Crippen LogP contribution is 2.27. The van der Waals surface area contributed by atoms with Crippen molar-refractivity contribution in [2.45, 2.75) is 13.8 Å². The fourth-order valence-corrected chi connectivity index (χ4v) is 1.74. The van der Waals surface area contributed by atoms with Crippen molar-refractivity contribution >= 4 is 17.1 Å². The van der Waals surface area contributed by atoms with Gasteiger partial charge in [-0.2, -0.15) is 0 Å². The Morgan fingerprint density at radius 2 is 2.22 bits per heavy atom. The molecular formula is C13H15NO4. The van der Waals surface area contributed by atoms with Gasteiger partial charge in [-0.15, -0.1) is 0 Å². The number of carbonyl (C=O) groups is 1. The topological polar surface area (TPSA) is 71.7 Å². The van der Waals surface area contributed by atoms with Gasteiger partial charge < -0.3 is 19.6 Å². The lowest BCUT2D eigenvalue weighted by Gasteiger charge is -2.05. The number of fused-ring (bicyclic) bond motifs is 1. The Balaban J connectivity index is 2.04. The zero-order valence-corrected chi connectivity index (χ0v) is 10.3. The minimum Gasteiger partial charge on any atom is -0.492 e. The highest BCUT2D eigenvalue weighted by atomic mass is 16.5. The second-order valence-electron chi connectivity index (χ2n) is 4.02. The lowest BCUT2D eigenvalue weighted by Crippen LogP contribution is -2.26. The maximum atomic E-state index is 10.2. The summed E-state index contributed by atoms with van der Waals surface area (Å²) in [6.45, 7) is 4.48. The maximum absolute atomic E-state index is 10.2. The van der Waals surface area contributed by atoms with Gasteiger partial charge >= 0.3 is 6.09 Å². The van der Waals surface area contributed by atoms with E-state index in [0.29, 0.717) is 5.75 Å². The van der Waals surface area contributed by atoms with Crippen LogP contribution < -0.4 is 10.1 Å². The Morgan fingerprint density at radius 3 is 2.94 bits per heavy atom. The first kappa shape index (κ1) is 12.3. The Labute approximate surface area is 104 Å². The van der Waals surface area contributed by atoms with Crippen LogP contribution in [-0.4, -0.2) is 24.4 Å². The largest absolute Gasteiger partial charge is 0.492 e. The third kappa shape index (κ3) is 2.56. The van der Waals surface area contributed by atoms with E-state index in [9.17, 15) is 4.79 Å². The van der Waals surface area contributed by atoms with Crippen molar-refractivity contribution in [1.29, 1.82) is 0 Å². The zero-order chi connectivity index (χ0) is 13.1. The maximum Gasteiger partial charge on any atom is 0.404 e. The van der Waals surface area contributed by atoms with Gasteiger partial charge in [0, 0.05) is 11.5 Å². The van der Waals surface area contributed by atoms with Crippen molar-refractivity contribution in [2.24, 2.45) is 0 Å². The first-order chi connectivity index (χ1) is 8.58. The van der Waals surface area contributed by atoms with Gasteiger partial charge in [-0.25, -0.2) is 4.79 Å². The van der Waals surface area contributed by atoms with Gasteiger partial charge in [0.1, 0.15) is 23.7 Å². The number of amides is 1. The van der Waals surface area contributed by atoms with Gasteiger partial charge in [0.2, 0.25) is 0 Å². The molecule has 5 nitrogen and oxygen atoms in total. The number of furan rings is 1. The summed E-state index contributed by atoms with van der Waals surface area (Å²) in [6, 6.07) is 5.61. The number of ether oxygens (including phenoxy) is 1. The second-order valence-corrected chi connectivity index (χ2v) is 4.02. The van der Waals surface area contributed by atoms with Crippen molar-refractivity contribution in [3.05, 3.63) is 29.5 Å². The van der Waals surface area contributed by atoms with Crippen LogP contribution in [0.1, 0.15) is 11.3 Å². The normalized spacial score (nSPS) is 10.6. The molecule has 0 fully saturated rings. The van der Waals surface area contributed by atoms with Gasteiger partial charge in [0.15, 0.2) is 0 Å². The second kappa shape index (κ2) is 5.00.